The van der Waals surface area contributed by atoms with Gasteiger partial charge in [0.2, 0.25) is 0 Å². The van der Waals surface area contributed by atoms with Crippen molar-refractivity contribution in [3.63, 3.8) is 0 Å². The molecule has 0 aliphatic rings. The van der Waals surface area contributed by atoms with E-state index < -0.39 is 25.5 Å². The molecule has 0 N–H and O–H groups in total. The Balaban J connectivity index is 0.000000236. The van der Waals surface area contributed by atoms with Gasteiger partial charge in [0.25, 0.3) is 0 Å². The van der Waals surface area contributed by atoms with Crippen molar-refractivity contribution in [2.24, 2.45) is 5.41 Å². The summed E-state index contributed by atoms with van der Waals surface area (Å²) in [6.45, 7) is 7.13. The average molecular weight is 853 g/mol. The second-order valence-corrected chi connectivity index (χ2v) is 14.7. The largest absolute Gasteiger partial charge is 0.501 e. The quantitative estimate of drug-likeness (QED) is 0.131. The second-order valence-electron chi connectivity index (χ2n) is 14.7. The third-order valence-corrected chi connectivity index (χ3v) is 8.68. The number of furan rings is 1. The summed E-state index contributed by atoms with van der Waals surface area (Å²) >= 11 is 0. The maximum absolute atomic E-state index is 8.85. The predicted molar refractivity (Wildman–Crippen MR) is 211 cm³/mol. The van der Waals surface area contributed by atoms with Gasteiger partial charge < -0.3 is 14.4 Å². The van der Waals surface area contributed by atoms with Crippen LogP contribution in [0.4, 0.5) is 0 Å². The third-order valence-electron chi connectivity index (χ3n) is 8.68. The van der Waals surface area contributed by atoms with Gasteiger partial charge in [-0.05, 0) is 86.3 Å². The number of nitrogens with zero attached hydrogens (tertiary/aromatic N) is 2. The van der Waals surface area contributed by atoms with E-state index in [1.54, 1.807) is 51.2 Å². The van der Waals surface area contributed by atoms with E-state index >= 15 is 0 Å². The molecule has 0 atom stereocenters. The number of rotatable bonds is 3. The number of fused-ring (bicyclic) bond motifs is 6. The van der Waals surface area contributed by atoms with Gasteiger partial charge in [0.1, 0.15) is 5.58 Å². The topological polar surface area (TPSA) is 38.9 Å². The minimum absolute atomic E-state index is 0. The Morgan fingerprint density at radius 2 is 1.57 bits per heavy atom. The summed E-state index contributed by atoms with van der Waals surface area (Å²) in [7, 11) is 0. The van der Waals surface area contributed by atoms with Gasteiger partial charge in [-0.2, -0.15) is 0 Å². The van der Waals surface area contributed by atoms with Crippen molar-refractivity contribution >= 4 is 43.5 Å². The Bertz CT molecular complexity index is 2810. The zero-order chi connectivity index (χ0) is 42.0. The van der Waals surface area contributed by atoms with Crippen LogP contribution in [0, 0.1) is 31.3 Å². The molecule has 3 heterocycles. The molecule has 3 aromatic heterocycles. The van der Waals surface area contributed by atoms with Crippen LogP contribution in [-0.4, -0.2) is 9.97 Å². The summed E-state index contributed by atoms with van der Waals surface area (Å²) in [5.74, 6) is 0. The summed E-state index contributed by atoms with van der Waals surface area (Å²) in [6, 6.07) is 37.1. The molecule has 8 aromatic rings. The molecular weight excluding hydrogens is 801 g/mol. The number of hydrogen-bond donors (Lipinski definition) is 0. The Morgan fingerprint density at radius 1 is 0.745 bits per heavy atom. The van der Waals surface area contributed by atoms with Gasteiger partial charge in [-0.15, -0.1) is 53.6 Å². The average Bonchev–Trinajstić information content (AvgIpc) is 3.53. The summed E-state index contributed by atoms with van der Waals surface area (Å²) in [6.07, 6.45) is 1.13. The van der Waals surface area contributed by atoms with Crippen molar-refractivity contribution in [1.82, 2.24) is 9.97 Å². The minimum Gasteiger partial charge on any atom is -0.501 e. The van der Waals surface area contributed by atoms with Crippen LogP contribution in [0.5, 0.6) is 0 Å². The fraction of sp³-hybridized carbons (Fsp3) is 0.234. The van der Waals surface area contributed by atoms with Gasteiger partial charge >= 0.3 is 0 Å². The Morgan fingerprint density at radius 3 is 2.31 bits per heavy atom. The van der Waals surface area contributed by atoms with Crippen LogP contribution in [-0.2, 0) is 31.9 Å². The van der Waals surface area contributed by atoms with Crippen LogP contribution in [0.2, 0.25) is 0 Å². The van der Waals surface area contributed by atoms with E-state index in [2.05, 4.69) is 79.3 Å². The molecule has 5 aromatic carbocycles. The molecule has 4 heteroatoms. The summed E-state index contributed by atoms with van der Waals surface area (Å²) < 4.78 is 70.2. The van der Waals surface area contributed by atoms with Crippen LogP contribution < -0.4 is 0 Å². The molecule has 0 aliphatic carbocycles. The first-order valence-corrected chi connectivity index (χ1v) is 16.7. The van der Waals surface area contributed by atoms with E-state index in [9.17, 15) is 0 Å². The maximum Gasteiger partial charge on any atom is 0.121 e. The van der Waals surface area contributed by atoms with Crippen molar-refractivity contribution in [3.8, 4) is 22.5 Å². The molecule has 0 aliphatic heterocycles. The molecule has 3 nitrogen and oxygen atoms in total. The van der Waals surface area contributed by atoms with Crippen molar-refractivity contribution < 1.29 is 35.5 Å². The van der Waals surface area contributed by atoms with E-state index in [4.69, 9.17) is 15.4 Å². The number of aromatic nitrogens is 2. The zero-order valence-corrected chi connectivity index (χ0v) is 31.9. The van der Waals surface area contributed by atoms with E-state index in [1.165, 1.54) is 17.8 Å². The maximum atomic E-state index is 8.85. The molecule has 1 radical (unpaired) electrons. The Labute approximate surface area is 326 Å². The molecular formula is C47H44IrN2O-2. The van der Waals surface area contributed by atoms with Crippen molar-refractivity contribution in [2.75, 3.05) is 0 Å². The van der Waals surface area contributed by atoms with Gasteiger partial charge in [0, 0.05) is 48.9 Å². The fourth-order valence-electron chi connectivity index (χ4n) is 6.16. The predicted octanol–water partition coefficient (Wildman–Crippen LogP) is 12.8. The molecule has 0 unspecified atom stereocenters. The Kier molecular flexibility index (Phi) is 7.53. The van der Waals surface area contributed by atoms with Crippen molar-refractivity contribution in [2.45, 2.75) is 67.0 Å². The molecule has 259 valence electrons. The van der Waals surface area contributed by atoms with Crippen LogP contribution in [0.25, 0.3) is 66.0 Å². The van der Waals surface area contributed by atoms with Gasteiger partial charge in [-0.25, -0.2) is 0 Å². The van der Waals surface area contributed by atoms with Crippen molar-refractivity contribution in [3.05, 3.63) is 144 Å². The third kappa shape index (κ3) is 7.69. The molecule has 0 saturated carbocycles. The molecule has 0 fully saturated rings. The normalized spacial score (nSPS) is 14.9. The SMILES string of the molecule is [2H]C([2H])([2H])c1c[c-]c(-c2cc(C(C)(C)C)ccn2)cc1.[2H]C([2H])([2H])c1cnc(-c2[c-]ccc3c2oc2cc4c(ccc5ccccc54)cc23)cc1C([2H])([2H])C(C)(C)C.[Ir]. The monoisotopic (exact) mass is 853 g/mol. The number of hydrogen-bond acceptors (Lipinski definition) is 3. The standard InChI is InChI=1S/C31H26NO.C16H18N.Ir/c1-19-18-32-28(15-22(19)17-31(2,3)4)25-11-7-10-24-27-14-21-13-12-20-8-5-6-9-23(20)26(21)16-29(27)33-30(24)25;1-12-5-7-13(8-6-12)15-11-14(9-10-17-15)16(2,3)4;/h5-10,12-16,18H,17H2,1-4H3;5-7,9-11H,1-4H3;/q2*-1;/i1D3,17D2;1D3;. The van der Waals surface area contributed by atoms with Crippen LogP contribution in [0.1, 0.15) is 74.8 Å². The van der Waals surface area contributed by atoms with Gasteiger partial charge in [-0.3, -0.25) is 0 Å². The van der Waals surface area contributed by atoms with Gasteiger partial charge in [0.05, 0.1) is 5.58 Å². The molecule has 0 saturated heterocycles. The molecule has 0 spiro atoms. The first kappa shape index (κ1) is 27.1. The van der Waals surface area contributed by atoms with Gasteiger partial charge in [0.15, 0.2) is 0 Å². The van der Waals surface area contributed by atoms with E-state index in [1.807, 2.05) is 30.3 Å². The number of benzene rings is 5. The number of aryl methyl sites for hydroxylation is 2. The van der Waals surface area contributed by atoms with Crippen LogP contribution in [0.15, 0.2) is 114 Å². The summed E-state index contributed by atoms with van der Waals surface area (Å²) in [5, 5.41) is 6.36. The first-order chi connectivity index (χ1) is 27.0. The fourth-order valence-corrected chi connectivity index (χ4v) is 6.16. The summed E-state index contributed by atoms with van der Waals surface area (Å²) in [4.78, 5) is 8.81. The van der Waals surface area contributed by atoms with E-state index in [-0.39, 0.29) is 36.6 Å². The Hall–Kier alpha value is -4.63. The van der Waals surface area contributed by atoms with Crippen molar-refractivity contribution in [1.29, 1.82) is 0 Å². The van der Waals surface area contributed by atoms with Crippen LogP contribution in [0.3, 0.4) is 0 Å². The van der Waals surface area contributed by atoms with Crippen LogP contribution >= 0.6 is 0 Å². The molecule has 51 heavy (non-hydrogen) atoms. The minimum atomic E-state index is -2.50. The number of pyridine rings is 2. The smallest absolute Gasteiger partial charge is 0.121 e. The summed E-state index contributed by atoms with van der Waals surface area (Å²) in [5.41, 5.74) is 4.64. The zero-order valence-electron chi connectivity index (χ0n) is 37.5. The van der Waals surface area contributed by atoms with E-state index in [0.717, 1.165) is 49.2 Å². The molecule has 0 bridgehead atoms. The first-order valence-electron chi connectivity index (χ1n) is 20.7. The van der Waals surface area contributed by atoms with Gasteiger partial charge in [-0.1, -0.05) is 113 Å². The second kappa shape index (κ2) is 14.2. The molecule has 8 rings (SSSR count). The van der Waals surface area contributed by atoms with E-state index in [0.29, 0.717) is 22.4 Å². The molecule has 0 amide bonds.